The third-order valence-electron chi connectivity index (χ3n) is 16.7. The molecule has 1 aromatic rings. The quantitative estimate of drug-likeness (QED) is 0.0204. The molecule has 0 aliphatic rings. The number of amides is 2. The second kappa shape index (κ2) is 58.5. The Kier molecular flexibility index (Phi) is 55.1. The van der Waals surface area contributed by atoms with E-state index in [1.807, 2.05) is 58.9 Å². The second-order valence-corrected chi connectivity index (χ2v) is 24.7. The van der Waals surface area contributed by atoms with Gasteiger partial charge in [-0.05, 0) is 25.2 Å². The van der Waals surface area contributed by atoms with Crippen LogP contribution < -0.4 is 10.6 Å². The molecule has 488 valence electrons. The van der Waals surface area contributed by atoms with Gasteiger partial charge in [0.15, 0.2) is 0 Å². The van der Waals surface area contributed by atoms with Crippen molar-refractivity contribution in [3.63, 3.8) is 0 Å². The van der Waals surface area contributed by atoms with Gasteiger partial charge in [-0.2, -0.15) is 0 Å². The van der Waals surface area contributed by atoms with Gasteiger partial charge >= 0.3 is 320 Å². The minimum atomic E-state index is -0.566. The van der Waals surface area contributed by atoms with Gasteiger partial charge in [0.1, 0.15) is 6.61 Å². The molecule has 0 spiro atoms. The summed E-state index contributed by atoms with van der Waals surface area (Å²) >= 11 is 0. The SMILES string of the molecule is CB(O)N(C)CCCN(CCCCCOB=NCC(CCCCCCNC(=O)CCCCCCCCCCCCCCCCCCCCCCCNC(=O)OCc1ccccc1)CN=C(B=O)CCCCN(CCCN(C)B(C)O)B(C)O)B(C)O. The number of nitrogens with one attached hydrogen (secondary N) is 2. The van der Waals surface area contributed by atoms with Crippen LogP contribution in [0.5, 0.6) is 0 Å². The van der Waals surface area contributed by atoms with Crippen LogP contribution in [0.3, 0.4) is 0 Å². The van der Waals surface area contributed by atoms with E-state index in [-0.39, 0.29) is 17.9 Å². The van der Waals surface area contributed by atoms with Crippen molar-refractivity contribution < 1.29 is 43.8 Å². The molecule has 2 amide bonds. The molecule has 0 aliphatic heterocycles. The fourth-order valence-corrected chi connectivity index (χ4v) is 10.6. The predicted octanol–water partition coefficient (Wildman–Crippen LogP) is 11.5. The van der Waals surface area contributed by atoms with Crippen molar-refractivity contribution in [3.8, 4) is 0 Å². The Bertz CT molecular complexity index is 1790. The molecule has 86 heavy (non-hydrogen) atoms. The van der Waals surface area contributed by atoms with Crippen LogP contribution >= 0.6 is 0 Å². The predicted molar refractivity (Wildman–Crippen MR) is 364 cm³/mol. The second-order valence-electron chi connectivity index (χ2n) is 24.7. The van der Waals surface area contributed by atoms with E-state index in [2.05, 4.69) is 20.3 Å². The van der Waals surface area contributed by atoms with Crippen molar-refractivity contribution in [3.05, 3.63) is 35.9 Å². The van der Waals surface area contributed by atoms with Crippen LogP contribution in [-0.4, -0.2) is 186 Å². The fraction of sp³-hybridized carbons (Fsp3) is 0.857. The van der Waals surface area contributed by atoms with Crippen LogP contribution in [-0.2, 0) is 25.5 Å². The van der Waals surface area contributed by atoms with Crippen molar-refractivity contribution in [2.75, 3.05) is 86.1 Å². The number of alkyl carbamates (subject to hydrolysis) is 1. The maximum atomic E-state index is 12.6. The molecule has 1 unspecified atom stereocenters. The molecule has 0 bridgehead atoms. The first-order valence-electron chi connectivity index (χ1n) is 34.6. The molecule has 0 saturated carbocycles. The number of hydrogen-bond acceptors (Lipinski definition) is 15. The molecule has 1 aromatic carbocycles. The Hall–Kier alpha value is -2.90. The molecule has 0 aromatic heterocycles. The monoisotopic (exact) mass is 1200 g/mol. The van der Waals surface area contributed by atoms with Gasteiger partial charge in [-0.25, -0.2) is 4.79 Å². The average molecular weight is 1200 g/mol. The number of carbonyl (C=O) groups is 2. The first-order valence-corrected chi connectivity index (χ1v) is 34.6. The van der Waals surface area contributed by atoms with E-state index in [4.69, 9.17) is 14.4 Å². The molecular formula is C63H124B6N8O9. The zero-order valence-corrected chi connectivity index (χ0v) is 55.7. The number of hydrogen-bond donors (Lipinski definition) is 6. The summed E-state index contributed by atoms with van der Waals surface area (Å²) in [5.74, 6) is 0.346. The summed E-state index contributed by atoms with van der Waals surface area (Å²) in [6, 6.07) is 9.77. The van der Waals surface area contributed by atoms with Gasteiger partial charge in [-0.15, -0.1) is 0 Å². The number of unbranched alkanes of at least 4 members (excludes halogenated alkanes) is 26. The summed E-state index contributed by atoms with van der Waals surface area (Å²) in [6.07, 6.45) is 39.0. The van der Waals surface area contributed by atoms with Gasteiger partial charge in [0.25, 0.3) is 0 Å². The number of rotatable bonds is 62. The average Bonchev–Trinajstić information content (AvgIpc) is 3.56. The first kappa shape index (κ1) is 81.1. The molecule has 0 aliphatic carbocycles. The van der Waals surface area contributed by atoms with Crippen LogP contribution in [0.25, 0.3) is 0 Å². The van der Waals surface area contributed by atoms with E-state index in [0.29, 0.717) is 57.8 Å². The number of benzene rings is 1. The van der Waals surface area contributed by atoms with E-state index in [1.54, 1.807) is 34.6 Å². The van der Waals surface area contributed by atoms with Crippen molar-refractivity contribution in [2.45, 2.75) is 259 Å². The molecule has 6 N–H and O–H groups in total. The van der Waals surface area contributed by atoms with Crippen molar-refractivity contribution >= 4 is 60.2 Å². The number of carbonyl (C=O) groups excluding carboxylic acids is 2. The minimum absolute atomic E-state index is 0.170. The topological polar surface area (TPSA) is 212 Å². The zero-order valence-electron chi connectivity index (χ0n) is 55.7. The Balaban J connectivity index is 2.21. The third-order valence-corrected chi connectivity index (χ3v) is 16.7. The van der Waals surface area contributed by atoms with E-state index < -0.39 is 28.2 Å². The Morgan fingerprint density at radius 1 is 0.512 bits per heavy atom. The van der Waals surface area contributed by atoms with Gasteiger partial charge in [0.2, 0.25) is 0 Å². The molecule has 0 radical (unpaired) electrons. The van der Waals surface area contributed by atoms with Gasteiger partial charge in [0.05, 0.1) is 0 Å². The number of aliphatic imine (C=N–C) groups is 1. The number of ether oxygens (including phenoxy) is 1. The van der Waals surface area contributed by atoms with Gasteiger partial charge in [0, 0.05) is 6.54 Å². The Labute approximate surface area is 528 Å². The molecule has 1 rings (SSSR count). The van der Waals surface area contributed by atoms with E-state index in [9.17, 15) is 34.4 Å². The summed E-state index contributed by atoms with van der Waals surface area (Å²) in [6.45, 7) is 15.0. The summed E-state index contributed by atoms with van der Waals surface area (Å²) in [5.41, 5.74) is 1.57. The van der Waals surface area contributed by atoms with Gasteiger partial charge in [-0.1, -0.05) is 152 Å². The van der Waals surface area contributed by atoms with Gasteiger partial charge < -0.3 is 15.1 Å². The molecule has 0 saturated heterocycles. The molecule has 17 nitrogen and oxygen atoms in total. The normalized spacial score (nSPS) is 12.1. The van der Waals surface area contributed by atoms with E-state index in [0.717, 1.165) is 155 Å². The van der Waals surface area contributed by atoms with Crippen LogP contribution in [0.15, 0.2) is 40.2 Å². The molecular weight excluding hydrogens is 1080 g/mol. The molecule has 0 heterocycles. The maximum absolute atomic E-state index is 12.6. The Morgan fingerprint density at radius 3 is 1.43 bits per heavy atom. The number of nitrogens with zero attached hydrogens (tertiary/aromatic N) is 6. The van der Waals surface area contributed by atoms with Crippen molar-refractivity contribution in [1.82, 2.24) is 29.9 Å². The van der Waals surface area contributed by atoms with E-state index in [1.165, 1.54) is 109 Å². The molecule has 0 fully saturated rings. The Morgan fingerprint density at radius 2 is 0.942 bits per heavy atom. The summed E-state index contributed by atoms with van der Waals surface area (Å²) in [7, 11) is 4.17. The summed E-state index contributed by atoms with van der Waals surface area (Å²) < 4.78 is 23.2. The van der Waals surface area contributed by atoms with Crippen molar-refractivity contribution in [1.29, 1.82) is 0 Å². The standard InChI is InChI=1S/C63H124B6N8O9/c1-66(81)74(5)49-40-53-76(68(3)83)51-37-29-39-55-86-65-73-57-60(56-72-61(64-80)45-34-38-52-77(69(4)84)54-41-50-75(6)67(2)82)44-30-25-27-35-47-70-62(78)46-33-24-22-20-18-16-14-12-10-8-7-9-11-13-15-17-19-21-23-26-36-48-71-63(79)85-58-59-42-31-28-32-43-59/h28,31-32,42-43,60,81-84H,7-27,29-30,33-41,44-58H2,1-6H3,(H,70,78)(H,71,79). The fourth-order valence-electron chi connectivity index (χ4n) is 10.6. The van der Waals surface area contributed by atoms with Crippen molar-refractivity contribution in [2.24, 2.45) is 15.8 Å². The summed E-state index contributed by atoms with van der Waals surface area (Å²) in [4.78, 5) is 41.7. The van der Waals surface area contributed by atoms with Gasteiger partial charge in [-0.3, -0.25) is 0 Å². The van der Waals surface area contributed by atoms with Crippen LogP contribution in [0.1, 0.15) is 230 Å². The first-order chi connectivity index (χ1) is 41.7. The zero-order chi connectivity index (χ0) is 62.9. The van der Waals surface area contributed by atoms with Crippen LogP contribution in [0.4, 0.5) is 4.79 Å². The third kappa shape index (κ3) is 50.9. The van der Waals surface area contributed by atoms with E-state index >= 15 is 0 Å². The molecule has 23 heteroatoms. The van der Waals surface area contributed by atoms with Crippen LogP contribution in [0.2, 0.25) is 27.3 Å². The summed E-state index contributed by atoms with van der Waals surface area (Å²) in [5, 5.41) is 46.1. The molecule has 1 atom stereocenters. The van der Waals surface area contributed by atoms with Crippen LogP contribution in [0, 0.1) is 5.92 Å².